The van der Waals surface area contributed by atoms with Crippen molar-refractivity contribution in [3.05, 3.63) is 66.0 Å². The van der Waals surface area contributed by atoms with Gasteiger partial charge >= 0.3 is 0 Å². The number of amides is 1. The third-order valence-corrected chi connectivity index (χ3v) is 4.49. The van der Waals surface area contributed by atoms with E-state index in [1.54, 1.807) is 24.6 Å². The Bertz CT molecular complexity index is 903. The van der Waals surface area contributed by atoms with Gasteiger partial charge in [-0.2, -0.15) is 0 Å². The molecule has 0 atom stereocenters. The van der Waals surface area contributed by atoms with E-state index in [2.05, 4.69) is 58.4 Å². The molecule has 2 N–H and O–H groups in total. The van der Waals surface area contributed by atoms with Gasteiger partial charge in [-0.1, -0.05) is 0 Å². The Hall–Kier alpha value is -3.35. The average Bonchev–Trinajstić information content (AvgIpc) is 3.23. The Balaban J connectivity index is 1.63. The minimum absolute atomic E-state index is 0.255. The molecule has 0 aliphatic carbocycles. The predicted molar refractivity (Wildman–Crippen MR) is 110 cm³/mol. The van der Waals surface area contributed by atoms with Crippen molar-refractivity contribution in [3.63, 3.8) is 0 Å². The number of furan rings is 1. The molecule has 1 amide bonds. The highest BCUT2D eigenvalue weighted by Crippen LogP contribution is 2.24. The first kappa shape index (κ1) is 19.4. The minimum atomic E-state index is -0.296. The number of hydrogen-bond acceptors (Lipinski definition) is 6. The molecule has 0 spiro atoms. The van der Waals surface area contributed by atoms with Crippen LogP contribution in [0.15, 0.2) is 53.4 Å². The van der Waals surface area contributed by atoms with Crippen LogP contribution in [0.1, 0.15) is 35.7 Å². The lowest BCUT2D eigenvalue weighted by Crippen LogP contribution is -2.23. The van der Waals surface area contributed by atoms with Crippen LogP contribution in [-0.4, -0.2) is 29.0 Å². The summed E-state index contributed by atoms with van der Waals surface area (Å²) < 4.78 is 5.19. The number of aromatic nitrogens is 2. The van der Waals surface area contributed by atoms with Crippen molar-refractivity contribution in [2.45, 2.75) is 27.3 Å². The maximum atomic E-state index is 12.1. The van der Waals surface area contributed by atoms with Crippen LogP contribution in [0.5, 0.6) is 0 Å². The standard InChI is InChI=1S/C21H25N5O2/c1-4-26(5-2)16-8-9-18(15(3)11-16)25-20-14-22-19(13-23-20)21(27)24-12-17-7-6-10-28-17/h6-11,13-14H,4-5,12H2,1-3H3,(H,23,25)(H,24,27). The molecule has 2 aromatic heterocycles. The molecule has 2 heterocycles. The van der Waals surface area contributed by atoms with Gasteiger partial charge in [-0.3, -0.25) is 4.79 Å². The molecule has 28 heavy (non-hydrogen) atoms. The van der Waals surface area contributed by atoms with E-state index in [1.165, 1.54) is 11.9 Å². The van der Waals surface area contributed by atoms with Crippen molar-refractivity contribution in [2.75, 3.05) is 23.3 Å². The van der Waals surface area contributed by atoms with Gasteiger partial charge in [0.1, 0.15) is 17.3 Å². The van der Waals surface area contributed by atoms with Crippen molar-refractivity contribution in [3.8, 4) is 0 Å². The summed E-state index contributed by atoms with van der Waals surface area (Å²) in [7, 11) is 0. The fourth-order valence-corrected chi connectivity index (χ4v) is 2.89. The number of benzene rings is 1. The van der Waals surface area contributed by atoms with Gasteiger partial charge in [0.2, 0.25) is 0 Å². The normalized spacial score (nSPS) is 10.5. The summed E-state index contributed by atoms with van der Waals surface area (Å²) >= 11 is 0. The number of carbonyl (C=O) groups excluding carboxylic acids is 1. The van der Waals surface area contributed by atoms with Crippen LogP contribution in [0.3, 0.4) is 0 Å². The average molecular weight is 379 g/mol. The van der Waals surface area contributed by atoms with Crippen LogP contribution >= 0.6 is 0 Å². The number of carbonyl (C=O) groups is 1. The van der Waals surface area contributed by atoms with Crippen LogP contribution < -0.4 is 15.5 Å². The second kappa shape index (κ2) is 9.03. The van der Waals surface area contributed by atoms with E-state index in [1.807, 2.05) is 6.07 Å². The number of aryl methyl sites for hydroxylation is 1. The minimum Gasteiger partial charge on any atom is -0.467 e. The lowest BCUT2D eigenvalue weighted by atomic mass is 10.1. The predicted octanol–water partition coefficient (Wildman–Crippen LogP) is 3.90. The van der Waals surface area contributed by atoms with Crippen LogP contribution in [0.25, 0.3) is 0 Å². The van der Waals surface area contributed by atoms with Gasteiger partial charge in [-0.05, 0) is 56.7 Å². The van der Waals surface area contributed by atoms with Gasteiger partial charge in [0, 0.05) is 24.5 Å². The van der Waals surface area contributed by atoms with Gasteiger partial charge in [-0.25, -0.2) is 9.97 Å². The Morgan fingerprint density at radius 2 is 1.96 bits per heavy atom. The largest absolute Gasteiger partial charge is 0.467 e. The zero-order valence-electron chi connectivity index (χ0n) is 16.4. The maximum Gasteiger partial charge on any atom is 0.271 e. The molecule has 0 saturated carbocycles. The maximum absolute atomic E-state index is 12.1. The molecule has 0 fully saturated rings. The van der Waals surface area contributed by atoms with Crippen molar-refractivity contribution < 1.29 is 9.21 Å². The monoisotopic (exact) mass is 379 g/mol. The first-order valence-corrected chi connectivity index (χ1v) is 9.36. The summed E-state index contributed by atoms with van der Waals surface area (Å²) in [5, 5.41) is 6.00. The van der Waals surface area contributed by atoms with Crippen molar-refractivity contribution in [2.24, 2.45) is 0 Å². The lowest BCUT2D eigenvalue weighted by molar-refractivity contribution is 0.0942. The van der Waals surface area contributed by atoms with E-state index in [0.29, 0.717) is 18.1 Å². The molecule has 0 unspecified atom stereocenters. The highest BCUT2D eigenvalue weighted by atomic mass is 16.3. The third kappa shape index (κ3) is 4.68. The Morgan fingerprint density at radius 3 is 2.57 bits per heavy atom. The fraction of sp³-hybridized carbons (Fsp3) is 0.286. The third-order valence-electron chi connectivity index (χ3n) is 4.49. The summed E-state index contributed by atoms with van der Waals surface area (Å²) in [6.07, 6.45) is 4.58. The van der Waals surface area contributed by atoms with Crippen molar-refractivity contribution in [1.29, 1.82) is 0 Å². The first-order chi connectivity index (χ1) is 13.6. The SMILES string of the molecule is CCN(CC)c1ccc(Nc2cnc(C(=O)NCc3ccco3)cn2)c(C)c1. The number of rotatable bonds is 8. The number of hydrogen-bond donors (Lipinski definition) is 2. The van der Waals surface area contributed by atoms with Crippen LogP contribution in [-0.2, 0) is 6.54 Å². The molecular formula is C21H25N5O2. The topological polar surface area (TPSA) is 83.3 Å². The fourth-order valence-electron chi connectivity index (χ4n) is 2.89. The molecular weight excluding hydrogens is 354 g/mol. The molecule has 3 rings (SSSR count). The molecule has 0 aliphatic heterocycles. The second-order valence-electron chi connectivity index (χ2n) is 6.35. The quantitative estimate of drug-likeness (QED) is 0.618. The Morgan fingerprint density at radius 1 is 1.14 bits per heavy atom. The van der Waals surface area contributed by atoms with Gasteiger partial charge in [0.05, 0.1) is 25.2 Å². The molecule has 7 nitrogen and oxygen atoms in total. The number of nitrogens with zero attached hydrogens (tertiary/aromatic N) is 3. The zero-order valence-corrected chi connectivity index (χ0v) is 16.4. The van der Waals surface area contributed by atoms with Crippen molar-refractivity contribution in [1.82, 2.24) is 15.3 Å². The summed E-state index contributed by atoms with van der Waals surface area (Å²) in [5.41, 5.74) is 3.53. The molecule has 0 radical (unpaired) electrons. The molecule has 0 saturated heterocycles. The summed E-state index contributed by atoms with van der Waals surface area (Å²) in [4.78, 5) is 22.9. The Kier molecular flexibility index (Phi) is 6.26. The van der Waals surface area contributed by atoms with E-state index < -0.39 is 0 Å². The lowest BCUT2D eigenvalue weighted by Gasteiger charge is -2.22. The van der Waals surface area contributed by atoms with Crippen LogP contribution in [0.2, 0.25) is 0 Å². The van der Waals surface area contributed by atoms with E-state index in [-0.39, 0.29) is 11.6 Å². The summed E-state index contributed by atoms with van der Waals surface area (Å²) in [6.45, 7) is 8.60. The van der Waals surface area contributed by atoms with Crippen molar-refractivity contribution >= 4 is 23.1 Å². The molecule has 3 aromatic rings. The molecule has 0 aliphatic rings. The number of nitrogens with one attached hydrogen (secondary N) is 2. The molecule has 0 bridgehead atoms. The van der Waals surface area contributed by atoms with E-state index >= 15 is 0 Å². The van der Waals surface area contributed by atoms with E-state index in [9.17, 15) is 4.79 Å². The van der Waals surface area contributed by atoms with Gasteiger partial charge in [-0.15, -0.1) is 0 Å². The Labute approximate surface area is 164 Å². The summed E-state index contributed by atoms with van der Waals surface area (Å²) in [5.74, 6) is 0.972. The smallest absolute Gasteiger partial charge is 0.271 e. The summed E-state index contributed by atoms with van der Waals surface area (Å²) in [6, 6.07) is 9.85. The number of anilines is 3. The first-order valence-electron chi connectivity index (χ1n) is 9.36. The van der Waals surface area contributed by atoms with E-state index in [0.717, 1.165) is 24.3 Å². The second-order valence-corrected chi connectivity index (χ2v) is 6.35. The molecule has 1 aromatic carbocycles. The van der Waals surface area contributed by atoms with Crippen LogP contribution in [0.4, 0.5) is 17.2 Å². The van der Waals surface area contributed by atoms with Gasteiger partial charge in [0.25, 0.3) is 5.91 Å². The highest BCUT2D eigenvalue weighted by Gasteiger charge is 2.10. The van der Waals surface area contributed by atoms with Gasteiger partial charge in [0.15, 0.2) is 0 Å². The molecule has 7 heteroatoms. The van der Waals surface area contributed by atoms with Gasteiger partial charge < -0.3 is 20.0 Å². The van der Waals surface area contributed by atoms with Crippen LogP contribution in [0, 0.1) is 6.92 Å². The van der Waals surface area contributed by atoms with E-state index in [4.69, 9.17) is 4.42 Å². The zero-order chi connectivity index (χ0) is 19.9. The highest BCUT2D eigenvalue weighted by molar-refractivity contribution is 5.92. The molecule has 146 valence electrons.